The summed E-state index contributed by atoms with van der Waals surface area (Å²) in [5, 5.41) is 6.76. The van der Waals surface area contributed by atoms with Gasteiger partial charge in [0.2, 0.25) is 0 Å². The molecule has 0 radical (unpaired) electrons. The summed E-state index contributed by atoms with van der Waals surface area (Å²) in [6, 6.07) is 9.26. The van der Waals surface area contributed by atoms with E-state index in [1.807, 2.05) is 18.2 Å². The average molecular weight is 318 g/mol. The zero-order chi connectivity index (χ0) is 15.9. The average Bonchev–Trinajstić information content (AvgIpc) is 2.52. The number of amides is 1. The van der Waals surface area contributed by atoms with Gasteiger partial charge in [-0.05, 0) is 23.6 Å². The zero-order valence-corrected chi connectivity index (χ0v) is 13.5. The monoisotopic (exact) mass is 317 g/mol. The maximum absolute atomic E-state index is 12.2. The molecule has 0 atom stereocenters. The van der Waals surface area contributed by atoms with Gasteiger partial charge < -0.3 is 10.6 Å². The summed E-state index contributed by atoms with van der Waals surface area (Å²) < 4.78 is 0. The maximum atomic E-state index is 12.2. The van der Waals surface area contributed by atoms with Gasteiger partial charge in [-0.3, -0.25) is 9.78 Å². The highest BCUT2D eigenvalue weighted by molar-refractivity contribution is 6.31. The lowest BCUT2D eigenvalue weighted by Gasteiger charge is -2.10. The Labute approximate surface area is 135 Å². The number of anilines is 1. The Hall–Kier alpha value is -2.07. The Morgan fingerprint density at radius 1 is 1.27 bits per heavy atom. The summed E-state index contributed by atoms with van der Waals surface area (Å²) in [5.41, 5.74) is 2.26. The lowest BCUT2D eigenvalue weighted by molar-refractivity contribution is 0.0950. The van der Waals surface area contributed by atoms with Crippen LogP contribution in [0.2, 0.25) is 5.02 Å². The summed E-state index contributed by atoms with van der Waals surface area (Å²) in [7, 11) is 0. The van der Waals surface area contributed by atoms with E-state index in [0.29, 0.717) is 23.0 Å². The minimum absolute atomic E-state index is 0.166. The number of carbonyl (C=O) groups is 1. The van der Waals surface area contributed by atoms with Crippen molar-refractivity contribution in [3.05, 3.63) is 58.9 Å². The van der Waals surface area contributed by atoms with Crippen molar-refractivity contribution in [3.63, 3.8) is 0 Å². The first-order valence-corrected chi connectivity index (χ1v) is 7.64. The molecule has 1 aromatic heterocycles. The third-order valence-electron chi connectivity index (χ3n) is 3.11. The second-order valence-electron chi connectivity index (χ2n) is 5.51. The zero-order valence-electron chi connectivity index (χ0n) is 12.8. The molecule has 0 fully saturated rings. The second kappa shape index (κ2) is 7.80. The molecule has 0 saturated heterocycles. The number of hydrogen-bond acceptors (Lipinski definition) is 3. The summed E-state index contributed by atoms with van der Waals surface area (Å²) >= 11 is 6.08. The predicted octanol–water partition coefficient (Wildman–Crippen LogP) is 3.73. The fraction of sp³-hybridized carbons (Fsp3) is 0.294. The number of nitrogens with zero attached hydrogens (tertiary/aromatic N) is 1. The second-order valence-corrected chi connectivity index (χ2v) is 5.92. The molecule has 2 N–H and O–H groups in total. The van der Waals surface area contributed by atoms with Crippen LogP contribution in [0.1, 0.15) is 29.8 Å². The topological polar surface area (TPSA) is 54.0 Å². The van der Waals surface area contributed by atoms with Crippen molar-refractivity contribution < 1.29 is 4.79 Å². The molecule has 4 nitrogen and oxygen atoms in total. The van der Waals surface area contributed by atoms with Gasteiger partial charge in [0, 0.05) is 30.5 Å². The number of halogens is 1. The van der Waals surface area contributed by atoms with Crippen LogP contribution in [0.15, 0.2) is 42.7 Å². The predicted molar refractivity (Wildman–Crippen MR) is 90.2 cm³/mol. The standard InChI is InChI=1S/C17H20ClN3O/c1-12(2)8-20-15-7-14(9-19-11-15)17(22)21-10-13-5-3-4-6-16(13)18/h3-7,9,11-12,20H,8,10H2,1-2H3,(H,21,22). The van der Waals surface area contributed by atoms with Crippen molar-refractivity contribution in [1.29, 1.82) is 0 Å². The molecular weight excluding hydrogens is 298 g/mol. The molecule has 0 bridgehead atoms. The highest BCUT2D eigenvalue weighted by atomic mass is 35.5. The molecule has 0 unspecified atom stereocenters. The van der Waals surface area contributed by atoms with E-state index in [1.54, 1.807) is 24.5 Å². The molecule has 0 aliphatic rings. The third kappa shape index (κ3) is 4.74. The van der Waals surface area contributed by atoms with Crippen LogP contribution < -0.4 is 10.6 Å². The number of pyridine rings is 1. The highest BCUT2D eigenvalue weighted by Gasteiger charge is 2.08. The van der Waals surface area contributed by atoms with Gasteiger partial charge in [-0.1, -0.05) is 43.6 Å². The van der Waals surface area contributed by atoms with Gasteiger partial charge in [0.15, 0.2) is 0 Å². The number of nitrogens with one attached hydrogen (secondary N) is 2. The van der Waals surface area contributed by atoms with Crippen LogP contribution in [0.25, 0.3) is 0 Å². The van der Waals surface area contributed by atoms with E-state index in [-0.39, 0.29) is 5.91 Å². The molecule has 0 saturated carbocycles. The van der Waals surface area contributed by atoms with Gasteiger partial charge in [-0.25, -0.2) is 0 Å². The Morgan fingerprint density at radius 3 is 2.77 bits per heavy atom. The molecule has 0 aliphatic heterocycles. The van der Waals surface area contributed by atoms with Crippen molar-refractivity contribution in [1.82, 2.24) is 10.3 Å². The van der Waals surface area contributed by atoms with Gasteiger partial charge in [0.1, 0.15) is 0 Å². The minimum Gasteiger partial charge on any atom is -0.384 e. The molecule has 2 aromatic rings. The molecule has 2 rings (SSSR count). The van der Waals surface area contributed by atoms with Crippen molar-refractivity contribution >= 4 is 23.2 Å². The third-order valence-corrected chi connectivity index (χ3v) is 3.48. The van der Waals surface area contributed by atoms with Gasteiger partial charge in [0.05, 0.1) is 11.3 Å². The summed E-state index contributed by atoms with van der Waals surface area (Å²) in [6.07, 6.45) is 3.27. The van der Waals surface area contributed by atoms with Crippen LogP contribution in [0.5, 0.6) is 0 Å². The first kappa shape index (κ1) is 16.3. The van der Waals surface area contributed by atoms with E-state index in [2.05, 4.69) is 29.5 Å². The number of aromatic nitrogens is 1. The Bertz CT molecular complexity index is 643. The number of benzene rings is 1. The Morgan fingerprint density at radius 2 is 2.05 bits per heavy atom. The smallest absolute Gasteiger partial charge is 0.253 e. The normalized spacial score (nSPS) is 10.5. The van der Waals surface area contributed by atoms with Crippen LogP contribution in [0.3, 0.4) is 0 Å². The van der Waals surface area contributed by atoms with E-state index in [4.69, 9.17) is 11.6 Å². The number of hydrogen-bond donors (Lipinski definition) is 2. The molecule has 5 heteroatoms. The van der Waals surface area contributed by atoms with E-state index in [1.165, 1.54) is 0 Å². The van der Waals surface area contributed by atoms with E-state index in [0.717, 1.165) is 17.8 Å². The van der Waals surface area contributed by atoms with Crippen LogP contribution in [0.4, 0.5) is 5.69 Å². The van der Waals surface area contributed by atoms with Crippen molar-refractivity contribution in [3.8, 4) is 0 Å². The molecule has 0 aliphatic carbocycles. The fourth-order valence-electron chi connectivity index (χ4n) is 1.90. The van der Waals surface area contributed by atoms with Crippen LogP contribution in [-0.4, -0.2) is 17.4 Å². The quantitative estimate of drug-likeness (QED) is 0.853. The first-order valence-electron chi connectivity index (χ1n) is 7.27. The van der Waals surface area contributed by atoms with Crippen LogP contribution in [0, 0.1) is 5.92 Å². The Kier molecular flexibility index (Phi) is 5.78. The fourth-order valence-corrected chi connectivity index (χ4v) is 2.10. The highest BCUT2D eigenvalue weighted by Crippen LogP contribution is 2.15. The lowest BCUT2D eigenvalue weighted by Crippen LogP contribution is -2.23. The number of rotatable bonds is 6. The lowest BCUT2D eigenvalue weighted by atomic mass is 10.2. The summed E-state index contributed by atoms with van der Waals surface area (Å²) in [4.78, 5) is 16.3. The van der Waals surface area contributed by atoms with E-state index in [9.17, 15) is 4.79 Å². The molecule has 1 aromatic carbocycles. The largest absolute Gasteiger partial charge is 0.384 e. The van der Waals surface area contributed by atoms with Crippen molar-refractivity contribution in [2.75, 3.05) is 11.9 Å². The molecule has 0 spiro atoms. The van der Waals surface area contributed by atoms with Gasteiger partial charge >= 0.3 is 0 Å². The SMILES string of the molecule is CC(C)CNc1cncc(C(=O)NCc2ccccc2Cl)c1. The summed E-state index contributed by atoms with van der Waals surface area (Å²) in [5.74, 6) is 0.360. The van der Waals surface area contributed by atoms with Crippen molar-refractivity contribution in [2.24, 2.45) is 5.92 Å². The molecule has 116 valence electrons. The maximum Gasteiger partial charge on any atom is 0.253 e. The van der Waals surface area contributed by atoms with Gasteiger partial charge in [-0.2, -0.15) is 0 Å². The van der Waals surface area contributed by atoms with E-state index < -0.39 is 0 Å². The van der Waals surface area contributed by atoms with Gasteiger partial charge in [-0.15, -0.1) is 0 Å². The van der Waals surface area contributed by atoms with Crippen LogP contribution >= 0.6 is 11.6 Å². The Balaban J connectivity index is 1.97. The van der Waals surface area contributed by atoms with Crippen molar-refractivity contribution in [2.45, 2.75) is 20.4 Å². The minimum atomic E-state index is -0.166. The van der Waals surface area contributed by atoms with Gasteiger partial charge in [0.25, 0.3) is 5.91 Å². The summed E-state index contributed by atoms with van der Waals surface area (Å²) in [6.45, 7) is 5.48. The van der Waals surface area contributed by atoms with E-state index >= 15 is 0 Å². The van der Waals surface area contributed by atoms with Crippen LogP contribution in [-0.2, 0) is 6.54 Å². The number of carbonyl (C=O) groups excluding carboxylic acids is 1. The molecule has 1 amide bonds. The first-order chi connectivity index (χ1) is 10.6. The molecule has 22 heavy (non-hydrogen) atoms. The molecular formula is C17H20ClN3O. The molecule has 1 heterocycles.